The van der Waals surface area contributed by atoms with Crippen LogP contribution in [-0.2, 0) is 9.59 Å². The predicted molar refractivity (Wildman–Crippen MR) is 166 cm³/mol. The van der Waals surface area contributed by atoms with E-state index < -0.39 is 6.04 Å². The second-order valence-electron chi connectivity index (χ2n) is 9.99. The number of aromatic amines is 1. The first-order chi connectivity index (χ1) is 20.2. The second kappa shape index (κ2) is 16.0. The topological polar surface area (TPSA) is 140 Å². The normalized spacial score (nSPS) is 11.7. The average Bonchev–Trinajstić information content (AvgIpc) is 3.39. The summed E-state index contributed by atoms with van der Waals surface area (Å²) in [7, 11) is 7.06. The molecule has 42 heavy (non-hydrogen) atoms. The van der Waals surface area contributed by atoms with Crippen LogP contribution >= 0.6 is 0 Å². The SMILES string of the molecule is CCCNc1nc(Nc2ccc3c(OC)n[nH]c3c2)ncc1C#CCCCNC(=O)[C@H](C)N(C)C(=O)/C=C/CN(C)C. The molecular formula is C30H41N9O3. The summed E-state index contributed by atoms with van der Waals surface area (Å²) in [6.45, 7) is 5.66. The van der Waals surface area contributed by atoms with Gasteiger partial charge in [0, 0.05) is 44.9 Å². The molecular weight excluding hydrogens is 534 g/mol. The Bertz CT molecular complexity index is 1440. The van der Waals surface area contributed by atoms with Gasteiger partial charge in [-0.25, -0.2) is 4.98 Å². The number of hydrogen-bond donors (Lipinski definition) is 4. The molecule has 0 saturated heterocycles. The summed E-state index contributed by atoms with van der Waals surface area (Å²) in [5.41, 5.74) is 2.34. The fourth-order valence-corrected chi connectivity index (χ4v) is 3.81. The molecule has 224 valence electrons. The van der Waals surface area contributed by atoms with Crippen LogP contribution in [0, 0.1) is 11.8 Å². The van der Waals surface area contributed by atoms with Crippen LogP contribution < -0.4 is 20.7 Å². The van der Waals surface area contributed by atoms with E-state index in [9.17, 15) is 9.59 Å². The van der Waals surface area contributed by atoms with Crippen LogP contribution in [0.1, 0.15) is 38.7 Å². The van der Waals surface area contributed by atoms with Gasteiger partial charge >= 0.3 is 0 Å². The minimum absolute atomic E-state index is 0.201. The smallest absolute Gasteiger partial charge is 0.246 e. The number of benzene rings is 1. The number of anilines is 3. The van der Waals surface area contributed by atoms with Crippen LogP contribution in [0.25, 0.3) is 10.9 Å². The highest BCUT2D eigenvalue weighted by atomic mass is 16.5. The summed E-state index contributed by atoms with van der Waals surface area (Å²) in [5.74, 6) is 7.53. The highest BCUT2D eigenvalue weighted by Crippen LogP contribution is 2.26. The lowest BCUT2D eigenvalue weighted by Crippen LogP contribution is -2.45. The van der Waals surface area contributed by atoms with E-state index in [4.69, 9.17) is 4.74 Å². The molecule has 0 aliphatic heterocycles. The molecule has 0 spiro atoms. The van der Waals surface area contributed by atoms with Gasteiger partial charge in [-0.05, 0) is 52.1 Å². The Morgan fingerprint density at radius 2 is 2.02 bits per heavy atom. The molecule has 12 heteroatoms. The summed E-state index contributed by atoms with van der Waals surface area (Å²) in [6, 6.07) is 5.17. The van der Waals surface area contributed by atoms with E-state index in [2.05, 4.69) is 54.9 Å². The highest BCUT2D eigenvalue weighted by molar-refractivity contribution is 5.92. The number of unbranched alkanes of at least 4 members (excludes halogenated alkanes) is 1. The maximum atomic E-state index is 12.5. The minimum Gasteiger partial charge on any atom is -0.480 e. The third-order valence-electron chi connectivity index (χ3n) is 6.35. The Balaban J connectivity index is 1.53. The molecule has 1 atom stereocenters. The molecule has 3 rings (SSSR count). The van der Waals surface area contributed by atoms with Crippen molar-refractivity contribution < 1.29 is 14.3 Å². The quantitative estimate of drug-likeness (QED) is 0.130. The number of ether oxygens (including phenoxy) is 1. The highest BCUT2D eigenvalue weighted by Gasteiger charge is 2.20. The molecule has 2 amide bonds. The van der Waals surface area contributed by atoms with Crippen molar-refractivity contribution >= 4 is 40.2 Å². The molecule has 0 fully saturated rings. The van der Waals surface area contributed by atoms with E-state index in [0.29, 0.717) is 49.1 Å². The Hall–Kier alpha value is -4.63. The number of methoxy groups -OCH3 is 1. The van der Waals surface area contributed by atoms with E-state index in [0.717, 1.165) is 29.6 Å². The number of amides is 2. The number of aromatic nitrogens is 4. The number of likely N-dealkylation sites (N-methyl/N-ethyl adjacent to an activating group) is 2. The van der Waals surface area contributed by atoms with Crippen molar-refractivity contribution in [3.05, 3.63) is 42.1 Å². The molecule has 0 saturated carbocycles. The van der Waals surface area contributed by atoms with Crippen LogP contribution in [0.4, 0.5) is 17.5 Å². The van der Waals surface area contributed by atoms with E-state index >= 15 is 0 Å². The molecule has 0 bridgehead atoms. The minimum atomic E-state index is -0.576. The lowest BCUT2D eigenvalue weighted by molar-refractivity contribution is -0.135. The molecule has 12 nitrogen and oxygen atoms in total. The number of nitrogens with zero attached hydrogens (tertiary/aromatic N) is 5. The lowest BCUT2D eigenvalue weighted by Gasteiger charge is -2.23. The molecule has 2 aromatic heterocycles. The molecule has 4 N–H and O–H groups in total. The van der Waals surface area contributed by atoms with Crippen molar-refractivity contribution in [2.75, 3.05) is 58.5 Å². The van der Waals surface area contributed by atoms with E-state index in [1.807, 2.05) is 37.2 Å². The number of carbonyl (C=O) groups excluding carboxylic acids is 2. The van der Waals surface area contributed by atoms with Gasteiger partial charge in [-0.2, -0.15) is 4.98 Å². The first-order valence-corrected chi connectivity index (χ1v) is 14.0. The maximum absolute atomic E-state index is 12.5. The lowest BCUT2D eigenvalue weighted by atomic mass is 10.2. The van der Waals surface area contributed by atoms with Gasteiger partial charge in [0.15, 0.2) is 0 Å². The van der Waals surface area contributed by atoms with Crippen molar-refractivity contribution in [1.29, 1.82) is 0 Å². The fourth-order valence-electron chi connectivity index (χ4n) is 3.81. The van der Waals surface area contributed by atoms with Crippen LogP contribution in [0.2, 0.25) is 0 Å². The first-order valence-electron chi connectivity index (χ1n) is 14.0. The Morgan fingerprint density at radius 3 is 2.76 bits per heavy atom. The largest absolute Gasteiger partial charge is 0.480 e. The molecule has 0 radical (unpaired) electrons. The molecule has 0 unspecified atom stereocenters. The standard InChI is InChI=1S/C30H41N9O3/c1-7-16-31-27-22(20-33-30(35-27)34-23-14-15-24-25(19-23)36-37-29(24)42-6)12-9-8-10-17-32-28(41)21(2)39(5)26(40)13-11-18-38(3)4/h11,13-15,19-21H,7-8,10,16-18H2,1-6H3,(H,32,41)(H,36,37)(H2,31,33,34,35)/b13-11+/t21-/m0/s1. The van der Waals surface area contributed by atoms with Crippen molar-refractivity contribution in [2.24, 2.45) is 0 Å². The number of nitrogens with one attached hydrogen (secondary N) is 4. The van der Waals surface area contributed by atoms with Crippen molar-refractivity contribution in [3.8, 4) is 17.7 Å². The zero-order valence-electron chi connectivity index (χ0n) is 25.2. The molecule has 0 aliphatic carbocycles. The molecule has 1 aromatic carbocycles. The third kappa shape index (κ3) is 9.21. The number of hydrogen-bond acceptors (Lipinski definition) is 9. The zero-order valence-corrected chi connectivity index (χ0v) is 25.2. The van der Waals surface area contributed by atoms with Gasteiger partial charge in [-0.1, -0.05) is 24.8 Å². The fraction of sp³-hybridized carbons (Fsp3) is 0.433. The summed E-state index contributed by atoms with van der Waals surface area (Å²) < 4.78 is 5.26. The average molecular weight is 576 g/mol. The summed E-state index contributed by atoms with van der Waals surface area (Å²) in [4.78, 5) is 37.2. The maximum Gasteiger partial charge on any atom is 0.246 e. The molecule has 2 heterocycles. The summed E-state index contributed by atoms with van der Waals surface area (Å²) in [5, 5.41) is 17.4. The van der Waals surface area contributed by atoms with Gasteiger partial charge in [-0.3, -0.25) is 14.7 Å². The van der Waals surface area contributed by atoms with Crippen molar-refractivity contribution in [3.63, 3.8) is 0 Å². The van der Waals surface area contributed by atoms with Crippen LogP contribution in [0.15, 0.2) is 36.5 Å². The van der Waals surface area contributed by atoms with Gasteiger partial charge in [0.25, 0.3) is 0 Å². The van der Waals surface area contributed by atoms with Gasteiger partial charge in [0.05, 0.1) is 29.8 Å². The Kier molecular flexibility index (Phi) is 12.1. The van der Waals surface area contributed by atoms with Gasteiger partial charge in [0.2, 0.25) is 23.6 Å². The van der Waals surface area contributed by atoms with Gasteiger partial charge in [-0.15, -0.1) is 5.10 Å². The van der Waals surface area contributed by atoms with Crippen LogP contribution in [0.3, 0.4) is 0 Å². The molecule has 0 aliphatic rings. The number of rotatable bonds is 14. The summed E-state index contributed by atoms with van der Waals surface area (Å²) in [6.07, 6.45) is 7.15. The number of fused-ring (bicyclic) bond motifs is 1. The van der Waals surface area contributed by atoms with Crippen molar-refractivity contribution in [1.82, 2.24) is 35.3 Å². The Morgan fingerprint density at radius 1 is 1.21 bits per heavy atom. The van der Waals surface area contributed by atoms with Crippen LogP contribution in [-0.4, -0.2) is 95.7 Å². The van der Waals surface area contributed by atoms with Gasteiger partial charge in [0.1, 0.15) is 11.9 Å². The predicted octanol–water partition coefficient (Wildman–Crippen LogP) is 3.14. The van der Waals surface area contributed by atoms with E-state index in [-0.39, 0.29) is 11.8 Å². The monoisotopic (exact) mass is 575 g/mol. The number of H-pyrrole nitrogens is 1. The second-order valence-corrected chi connectivity index (χ2v) is 9.99. The van der Waals surface area contributed by atoms with E-state index in [1.54, 1.807) is 33.4 Å². The number of carbonyl (C=O) groups is 2. The summed E-state index contributed by atoms with van der Waals surface area (Å²) >= 11 is 0. The molecule has 3 aromatic rings. The van der Waals surface area contributed by atoms with E-state index in [1.165, 1.54) is 11.0 Å². The zero-order chi connectivity index (χ0) is 30.5. The third-order valence-corrected chi connectivity index (χ3v) is 6.35. The van der Waals surface area contributed by atoms with Crippen LogP contribution in [0.5, 0.6) is 5.88 Å². The van der Waals surface area contributed by atoms with Gasteiger partial charge < -0.3 is 30.5 Å². The first kappa shape index (κ1) is 31.9. The Labute approximate surface area is 247 Å². The van der Waals surface area contributed by atoms with Crippen molar-refractivity contribution in [2.45, 2.75) is 39.2 Å².